The van der Waals surface area contributed by atoms with Gasteiger partial charge >= 0.3 is 5.97 Å². The van der Waals surface area contributed by atoms with E-state index in [1.165, 1.54) is 16.8 Å². The van der Waals surface area contributed by atoms with Crippen LogP contribution in [0.25, 0.3) is 38.6 Å². The first-order valence-electron chi connectivity index (χ1n) is 14.4. The quantitative estimate of drug-likeness (QED) is 0.205. The highest BCUT2D eigenvalue weighted by Gasteiger charge is 2.30. The number of rotatable bonds is 5. The van der Waals surface area contributed by atoms with Gasteiger partial charge in [-0.3, -0.25) is 4.79 Å². The Morgan fingerprint density at radius 2 is 1.79 bits per heavy atom. The van der Waals surface area contributed by atoms with Gasteiger partial charge in [-0.05, 0) is 73.9 Å². The minimum absolute atomic E-state index is 0.0757. The molecule has 216 valence electrons. The molecule has 0 spiro atoms. The van der Waals surface area contributed by atoms with E-state index in [0.717, 1.165) is 57.2 Å². The van der Waals surface area contributed by atoms with Crippen molar-refractivity contribution in [3.05, 3.63) is 83.9 Å². The second-order valence-electron chi connectivity index (χ2n) is 11.8. The summed E-state index contributed by atoms with van der Waals surface area (Å²) in [6.45, 7) is 8.99. The fourth-order valence-electron chi connectivity index (χ4n) is 5.81. The third-order valence-electron chi connectivity index (χ3n) is 7.84. The highest BCUT2D eigenvalue weighted by molar-refractivity contribution is 6.07. The van der Waals surface area contributed by atoms with E-state index in [9.17, 15) is 14.0 Å². The molecule has 1 unspecified atom stereocenters. The van der Waals surface area contributed by atoms with Gasteiger partial charge in [0.2, 0.25) is 0 Å². The van der Waals surface area contributed by atoms with Crippen LogP contribution in [0.4, 0.5) is 4.39 Å². The van der Waals surface area contributed by atoms with Crippen LogP contribution < -0.4 is 0 Å². The summed E-state index contributed by atoms with van der Waals surface area (Å²) in [6.07, 6.45) is 3.58. The van der Waals surface area contributed by atoms with Gasteiger partial charge in [-0.2, -0.15) is 9.78 Å². The van der Waals surface area contributed by atoms with Gasteiger partial charge in [0.1, 0.15) is 5.82 Å². The fourth-order valence-corrected chi connectivity index (χ4v) is 5.81. The lowest BCUT2D eigenvalue weighted by Gasteiger charge is -2.26. The maximum atomic E-state index is 14.1. The molecule has 0 aliphatic carbocycles. The van der Waals surface area contributed by atoms with Gasteiger partial charge in [0.25, 0.3) is 5.91 Å². The molecule has 2 aromatic heterocycles. The molecule has 8 heteroatoms. The number of ether oxygens (including phenoxy) is 2. The van der Waals surface area contributed by atoms with Crippen LogP contribution in [0, 0.1) is 11.2 Å². The summed E-state index contributed by atoms with van der Waals surface area (Å²) in [7, 11) is 0. The molecule has 1 aliphatic rings. The molecule has 1 atom stereocenters. The third kappa shape index (κ3) is 4.90. The molecule has 42 heavy (non-hydrogen) atoms. The van der Waals surface area contributed by atoms with Gasteiger partial charge < -0.3 is 14.0 Å². The fraction of sp³-hybridized carbons (Fsp3) is 0.324. The lowest BCUT2D eigenvalue weighted by Crippen LogP contribution is -2.27. The van der Waals surface area contributed by atoms with Crippen LogP contribution >= 0.6 is 0 Å². The molecule has 3 aromatic carbocycles. The van der Waals surface area contributed by atoms with Crippen LogP contribution in [0.1, 0.15) is 67.3 Å². The zero-order valence-corrected chi connectivity index (χ0v) is 24.3. The predicted molar refractivity (Wildman–Crippen MR) is 161 cm³/mol. The van der Waals surface area contributed by atoms with Gasteiger partial charge in [-0.25, -0.2) is 9.18 Å². The standard InChI is InChI=1S/C34H34FN3O4/c1-5-42-32(39)22-10-8-21(9-11-22)30-27-18-28-24(19-36-38(28)33(40)34(2,3)4)17-29(27)37(26-14-12-25(35)13-15-26)31(30)23-7-6-16-41-20-23/h8-15,17-19,23H,5-7,16,20H2,1-4H3. The van der Waals surface area contributed by atoms with Gasteiger partial charge in [0, 0.05) is 45.7 Å². The second kappa shape index (κ2) is 10.8. The van der Waals surface area contributed by atoms with E-state index >= 15 is 0 Å². The topological polar surface area (TPSA) is 75.3 Å². The number of hydrogen-bond acceptors (Lipinski definition) is 5. The Balaban J connectivity index is 1.68. The van der Waals surface area contributed by atoms with Crippen molar-refractivity contribution in [1.82, 2.24) is 14.3 Å². The van der Waals surface area contributed by atoms with Crippen molar-refractivity contribution in [2.24, 2.45) is 5.41 Å². The SMILES string of the molecule is CCOC(=O)c1ccc(-c2c(C3CCCOC3)n(-c3ccc(F)cc3)c3cc4cnn(C(=O)C(C)(C)C)c4cc23)cc1. The number of fused-ring (bicyclic) bond motifs is 2. The number of carbonyl (C=O) groups excluding carboxylic acids is 2. The third-order valence-corrected chi connectivity index (χ3v) is 7.84. The van der Waals surface area contributed by atoms with E-state index in [4.69, 9.17) is 9.47 Å². The minimum Gasteiger partial charge on any atom is -0.462 e. The maximum Gasteiger partial charge on any atom is 0.338 e. The molecule has 1 fully saturated rings. The molecule has 0 amide bonds. The van der Waals surface area contributed by atoms with Gasteiger partial charge in [-0.15, -0.1) is 0 Å². The lowest BCUT2D eigenvalue weighted by atomic mass is 9.91. The van der Waals surface area contributed by atoms with E-state index in [-0.39, 0.29) is 23.6 Å². The molecule has 3 heterocycles. The predicted octanol–water partition coefficient (Wildman–Crippen LogP) is 7.54. The summed E-state index contributed by atoms with van der Waals surface area (Å²) in [6, 6.07) is 18.0. The van der Waals surface area contributed by atoms with E-state index < -0.39 is 5.41 Å². The number of hydrogen-bond donors (Lipinski definition) is 0. The number of benzene rings is 3. The number of nitrogens with zero attached hydrogens (tertiary/aromatic N) is 3. The number of carbonyl (C=O) groups is 2. The summed E-state index contributed by atoms with van der Waals surface area (Å²) in [4.78, 5) is 25.8. The first-order chi connectivity index (χ1) is 20.2. The maximum absolute atomic E-state index is 14.1. The first kappa shape index (κ1) is 27.8. The van der Waals surface area contributed by atoms with Crippen LogP contribution in [0.5, 0.6) is 0 Å². The van der Waals surface area contributed by atoms with Crippen molar-refractivity contribution >= 4 is 33.7 Å². The Bertz CT molecular complexity index is 1790. The van der Waals surface area contributed by atoms with Crippen molar-refractivity contribution in [3.63, 3.8) is 0 Å². The van der Waals surface area contributed by atoms with Gasteiger partial charge in [0.05, 0.1) is 36.0 Å². The average Bonchev–Trinajstić information content (AvgIpc) is 3.55. The molecule has 7 nitrogen and oxygen atoms in total. The smallest absolute Gasteiger partial charge is 0.338 e. The summed E-state index contributed by atoms with van der Waals surface area (Å²) in [5, 5.41) is 6.24. The molecular formula is C34H34FN3O4. The van der Waals surface area contributed by atoms with Gasteiger partial charge in [-0.1, -0.05) is 32.9 Å². The van der Waals surface area contributed by atoms with Crippen molar-refractivity contribution in [2.75, 3.05) is 19.8 Å². The Labute approximate surface area is 243 Å². The summed E-state index contributed by atoms with van der Waals surface area (Å²) in [5.74, 6) is -0.704. The lowest BCUT2D eigenvalue weighted by molar-refractivity contribution is 0.0526. The molecule has 5 aromatic rings. The second-order valence-corrected chi connectivity index (χ2v) is 11.8. The van der Waals surface area contributed by atoms with Gasteiger partial charge in [0.15, 0.2) is 0 Å². The van der Waals surface area contributed by atoms with Crippen molar-refractivity contribution in [1.29, 1.82) is 0 Å². The minimum atomic E-state index is -0.621. The highest BCUT2D eigenvalue weighted by Crippen LogP contribution is 2.44. The zero-order chi connectivity index (χ0) is 29.6. The Morgan fingerprint density at radius 1 is 1.05 bits per heavy atom. The zero-order valence-electron chi connectivity index (χ0n) is 24.3. The van der Waals surface area contributed by atoms with Crippen molar-refractivity contribution < 1.29 is 23.5 Å². The number of esters is 1. The van der Waals surface area contributed by atoms with Crippen molar-refractivity contribution in [3.8, 4) is 16.8 Å². The highest BCUT2D eigenvalue weighted by atomic mass is 19.1. The van der Waals surface area contributed by atoms with Crippen LogP contribution in [-0.4, -0.2) is 46.0 Å². The molecule has 1 saturated heterocycles. The molecule has 6 rings (SSSR count). The van der Waals surface area contributed by atoms with Crippen LogP contribution in [0.15, 0.2) is 66.9 Å². The Hall–Kier alpha value is -4.30. The molecule has 0 N–H and O–H groups in total. The summed E-state index contributed by atoms with van der Waals surface area (Å²) in [5.41, 5.74) is 5.27. The molecular weight excluding hydrogens is 533 g/mol. The first-order valence-corrected chi connectivity index (χ1v) is 14.4. The van der Waals surface area contributed by atoms with Crippen LogP contribution in [0.3, 0.4) is 0 Å². The average molecular weight is 568 g/mol. The Morgan fingerprint density at radius 3 is 2.43 bits per heavy atom. The van der Waals surface area contributed by atoms with E-state index in [0.29, 0.717) is 25.4 Å². The molecule has 1 aliphatic heterocycles. The molecule has 0 bridgehead atoms. The number of halogens is 1. The Kier molecular flexibility index (Phi) is 7.19. The van der Waals surface area contributed by atoms with E-state index in [2.05, 4.69) is 15.7 Å². The summed E-state index contributed by atoms with van der Waals surface area (Å²) >= 11 is 0. The molecule has 0 saturated carbocycles. The molecule has 0 radical (unpaired) electrons. The normalized spacial score (nSPS) is 15.8. The summed E-state index contributed by atoms with van der Waals surface area (Å²) < 4.78 is 28.9. The van der Waals surface area contributed by atoms with E-state index in [1.54, 1.807) is 37.4 Å². The van der Waals surface area contributed by atoms with Crippen molar-refractivity contribution in [2.45, 2.75) is 46.5 Å². The van der Waals surface area contributed by atoms with Crippen LogP contribution in [0.2, 0.25) is 0 Å². The number of aromatic nitrogens is 3. The van der Waals surface area contributed by atoms with E-state index in [1.807, 2.05) is 39.0 Å². The van der Waals surface area contributed by atoms with Crippen LogP contribution in [-0.2, 0) is 9.47 Å². The monoisotopic (exact) mass is 567 g/mol. The largest absolute Gasteiger partial charge is 0.462 e.